The van der Waals surface area contributed by atoms with Gasteiger partial charge in [0.25, 0.3) is 5.91 Å². The number of nitrogens with one attached hydrogen (secondary N) is 1. The molecule has 0 saturated heterocycles. The monoisotopic (exact) mass is 538 g/mol. The van der Waals surface area contributed by atoms with Gasteiger partial charge in [-0.1, -0.05) is 6.07 Å². The number of ether oxygens (including phenoxy) is 2. The molecule has 0 radical (unpaired) electrons. The zero-order valence-electron chi connectivity index (χ0n) is 23.4. The van der Waals surface area contributed by atoms with E-state index in [-0.39, 0.29) is 12.5 Å². The molecule has 3 aromatic rings. The fourth-order valence-corrected chi connectivity index (χ4v) is 3.68. The van der Waals surface area contributed by atoms with Crippen molar-refractivity contribution in [2.24, 2.45) is 5.73 Å². The van der Waals surface area contributed by atoms with E-state index < -0.39 is 29.3 Å². The van der Waals surface area contributed by atoms with Gasteiger partial charge in [0.2, 0.25) is 0 Å². The Bertz CT molecular complexity index is 1290. The third kappa shape index (κ3) is 8.78. The number of aryl methyl sites for hydroxylation is 1. The van der Waals surface area contributed by atoms with Gasteiger partial charge < -0.3 is 20.5 Å². The normalized spacial score (nSPS) is 12.6. The summed E-state index contributed by atoms with van der Waals surface area (Å²) in [5.74, 6) is -0.418. The molecule has 3 N–H and O–H groups in total. The highest BCUT2D eigenvalue weighted by Crippen LogP contribution is 2.19. The highest BCUT2D eigenvalue weighted by atomic mass is 16.6. The van der Waals surface area contributed by atoms with Crippen molar-refractivity contribution in [3.63, 3.8) is 0 Å². The first-order valence-corrected chi connectivity index (χ1v) is 12.9. The summed E-state index contributed by atoms with van der Waals surface area (Å²) in [5, 5.41) is 7.92. The molecule has 210 valence electrons. The minimum atomic E-state index is -0.967. The molecule has 2 aromatic heterocycles. The summed E-state index contributed by atoms with van der Waals surface area (Å²) >= 11 is 0. The van der Waals surface area contributed by atoms with Crippen molar-refractivity contribution in [2.75, 3.05) is 18.0 Å². The van der Waals surface area contributed by atoms with Gasteiger partial charge in [-0.05, 0) is 78.3 Å². The maximum absolute atomic E-state index is 12.8. The zero-order chi connectivity index (χ0) is 28.8. The SMILES string of the molecule is CC(C)(C)OC(=O)[C@@H](N)CNC(=O)c1ccc2c(cnn2CCCN(C(=O)OC(C)(C)C)c2ccccn2)c1. The van der Waals surface area contributed by atoms with Gasteiger partial charge in [-0.25, -0.2) is 9.78 Å². The molecule has 2 heterocycles. The van der Waals surface area contributed by atoms with Gasteiger partial charge in [0.15, 0.2) is 0 Å². The van der Waals surface area contributed by atoms with E-state index in [0.717, 1.165) is 10.9 Å². The molecule has 0 unspecified atom stereocenters. The van der Waals surface area contributed by atoms with Crippen molar-refractivity contribution in [2.45, 2.75) is 71.8 Å². The number of benzene rings is 1. The van der Waals surface area contributed by atoms with Crippen molar-refractivity contribution in [3.8, 4) is 0 Å². The molecule has 1 aromatic carbocycles. The number of esters is 1. The van der Waals surface area contributed by atoms with Crippen LogP contribution in [0.4, 0.5) is 10.6 Å². The molecule has 0 bridgehead atoms. The van der Waals surface area contributed by atoms with Crippen LogP contribution >= 0.6 is 0 Å². The second-order valence-corrected chi connectivity index (χ2v) is 11.2. The van der Waals surface area contributed by atoms with Crippen LogP contribution < -0.4 is 16.0 Å². The first-order valence-electron chi connectivity index (χ1n) is 12.9. The van der Waals surface area contributed by atoms with Crippen LogP contribution in [0.1, 0.15) is 58.3 Å². The standard InChI is InChI=1S/C28H38N6O5/c1-27(2,3)38-25(36)21(29)18-31-24(35)19-11-12-22-20(16-19)17-32-34(22)15-9-14-33(23-10-7-8-13-30-23)26(37)39-28(4,5)6/h7-8,10-13,16-17,21H,9,14-15,18,29H2,1-6H3,(H,31,35)/t21-/m0/s1. The predicted molar refractivity (Wildman–Crippen MR) is 148 cm³/mol. The maximum atomic E-state index is 12.8. The topological polar surface area (TPSA) is 142 Å². The molecular formula is C28H38N6O5. The van der Waals surface area contributed by atoms with Crippen LogP contribution in [0.15, 0.2) is 48.8 Å². The van der Waals surface area contributed by atoms with E-state index >= 15 is 0 Å². The molecule has 2 amide bonds. The second-order valence-electron chi connectivity index (χ2n) is 11.2. The second kappa shape index (κ2) is 12.2. The van der Waals surface area contributed by atoms with Crippen LogP contribution in [-0.2, 0) is 20.8 Å². The summed E-state index contributed by atoms with van der Waals surface area (Å²) in [7, 11) is 0. The lowest BCUT2D eigenvalue weighted by molar-refractivity contribution is -0.156. The van der Waals surface area contributed by atoms with Crippen LogP contribution in [-0.4, -0.2) is 63.1 Å². The Morgan fingerprint density at radius 2 is 1.77 bits per heavy atom. The molecule has 0 aliphatic heterocycles. The number of carbonyl (C=O) groups is 3. The first kappa shape index (κ1) is 29.6. The van der Waals surface area contributed by atoms with Gasteiger partial charge >= 0.3 is 12.1 Å². The van der Waals surface area contributed by atoms with Gasteiger partial charge in [0.05, 0.1) is 11.7 Å². The molecule has 0 spiro atoms. The number of amides is 2. The Hall–Kier alpha value is -3.99. The summed E-state index contributed by atoms with van der Waals surface area (Å²) < 4.78 is 12.6. The van der Waals surface area contributed by atoms with Gasteiger partial charge in [0, 0.05) is 36.8 Å². The van der Waals surface area contributed by atoms with Gasteiger partial charge in [-0.3, -0.25) is 19.2 Å². The highest BCUT2D eigenvalue weighted by Gasteiger charge is 2.25. The molecule has 0 saturated carbocycles. The summed E-state index contributed by atoms with van der Waals surface area (Å²) in [6.07, 6.45) is 3.45. The van der Waals surface area contributed by atoms with Crippen LogP contribution in [0.3, 0.4) is 0 Å². The van der Waals surface area contributed by atoms with E-state index in [1.165, 1.54) is 4.90 Å². The number of nitrogens with two attached hydrogens (primary N) is 1. The molecule has 11 heteroatoms. The quantitative estimate of drug-likeness (QED) is 0.393. The fraction of sp³-hybridized carbons (Fsp3) is 0.464. The third-order valence-electron chi connectivity index (χ3n) is 5.39. The molecule has 3 rings (SSSR count). The average molecular weight is 539 g/mol. The lowest BCUT2D eigenvalue weighted by atomic mass is 10.1. The lowest BCUT2D eigenvalue weighted by Crippen LogP contribution is -2.45. The summed E-state index contributed by atoms with van der Waals surface area (Å²) in [6, 6.07) is 9.64. The largest absolute Gasteiger partial charge is 0.459 e. The number of fused-ring (bicyclic) bond motifs is 1. The van der Waals surface area contributed by atoms with Crippen molar-refractivity contribution in [1.82, 2.24) is 20.1 Å². The van der Waals surface area contributed by atoms with Crippen LogP contribution in [0, 0.1) is 0 Å². The van der Waals surface area contributed by atoms with E-state index in [4.69, 9.17) is 15.2 Å². The Morgan fingerprint density at radius 3 is 2.41 bits per heavy atom. The van der Waals surface area contributed by atoms with Crippen LogP contribution in [0.25, 0.3) is 10.9 Å². The lowest BCUT2D eigenvalue weighted by Gasteiger charge is -2.26. The highest BCUT2D eigenvalue weighted by molar-refractivity contribution is 5.98. The van der Waals surface area contributed by atoms with Crippen molar-refractivity contribution in [3.05, 3.63) is 54.4 Å². The molecule has 39 heavy (non-hydrogen) atoms. The molecule has 11 nitrogen and oxygen atoms in total. The van der Waals surface area contributed by atoms with E-state index in [1.54, 1.807) is 57.4 Å². The molecule has 1 atom stereocenters. The van der Waals surface area contributed by atoms with Crippen molar-refractivity contribution in [1.29, 1.82) is 0 Å². The summed E-state index contributed by atoms with van der Waals surface area (Å²) in [5.41, 5.74) is 5.84. The summed E-state index contributed by atoms with van der Waals surface area (Å²) in [6.45, 7) is 11.6. The average Bonchev–Trinajstić information content (AvgIpc) is 3.25. The first-order chi connectivity index (χ1) is 18.2. The number of carbonyl (C=O) groups excluding carboxylic acids is 3. The van der Waals surface area contributed by atoms with E-state index in [0.29, 0.717) is 30.9 Å². The number of nitrogens with zero attached hydrogens (tertiary/aromatic N) is 4. The van der Waals surface area contributed by atoms with E-state index in [9.17, 15) is 14.4 Å². The predicted octanol–water partition coefficient (Wildman–Crippen LogP) is 3.66. The number of hydrogen-bond acceptors (Lipinski definition) is 8. The Balaban J connectivity index is 1.62. The number of anilines is 1. The Kier molecular flexibility index (Phi) is 9.28. The summed E-state index contributed by atoms with van der Waals surface area (Å²) in [4.78, 5) is 43.4. The van der Waals surface area contributed by atoms with Gasteiger partial charge in [-0.15, -0.1) is 0 Å². The minimum Gasteiger partial charge on any atom is -0.459 e. The van der Waals surface area contributed by atoms with E-state index in [2.05, 4.69) is 15.4 Å². The number of aromatic nitrogens is 3. The van der Waals surface area contributed by atoms with E-state index in [1.807, 2.05) is 37.6 Å². The molecule has 0 aliphatic rings. The number of pyridine rings is 1. The number of hydrogen-bond donors (Lipinski definition) is 2. The third-order valence-corrected chi connectivity index (χ3v) is 5.39. The van der Waals surface area contributed by atoms with Crippen molar-refractivity contribution >= 4 is 34.7 Å². The molecule has 0 aliphatic carbocycles. The Morgan fingerprint density at radius 1 is 1.05 bits per heavy atom. The minimum absolute atomic E-state index is 0.0462. The fourth-order valence-electron chi connectivity index (χ4n) is 3.68. The molecular weight excluding hydrogens is 500 g/mol. The molecule has 0 fully saturated rings. The number of rotatable bonds is 9. The van der Waals surface area contributed by atoms with Gasteiger partial charge in [0.1, 0.15) is 23.1 Å². The zero-order valence-corrected chi connectivity index (χ0v) is 23.4. The van der Waals surface area contributed by atoms with Gasteiger partial charge in [-0.2, -0.15) is 5.10 Å². The smallest absolute Gasteiger partial charge is 0.416 e. The van der Waals surface area contributed by atoms with Crippen molar-refractivity contribution < 1.29 is 23.9 Å². The van der Waals surface area contributed by atoms with Crippen LogP contribution in [0.2, 0.25) is 0 Å². The maximum Gasteiger partial charge on any atom is 0.416 e. The van der Waals surface area contributed by atoms with Crippen LogP contribution in [0.5, 0.6) is 0 Å². The Labute approximate surface area is 228 Å².